The molecule has 29 heavy (non-hydrogen) atoms. The minimum atomic E-state index is -3.90. The number of anilines is 1. The number of hydrogen-bond donors (Lipinski definition) is 3. The number of aliphatic carboxylic acids is 1. The van der Waals surface area contributed by atoms with Gasteiger partial charge in [0.2, 0.25) is 0 Å². The van der Waals surface area contributed by atoms with Crippen molar-refractivity contribution in [3.63, 3.8) is 0 Å². The van der Waals surface area contributed by atoms with Gasteiger partial charge in [-0.25, -0.2) is 8.42 Å². The van der Waals surface area contributed by atoms with Gasteiger partial charge in [-0.05, 0) is 38.0 Å². The van der Waals surface area contributed by atoms with Gasteiger partial charge in [-0.1, -0.05) is 42.0 Å². The van der Waals surface area contributed by atoms with Crippen molar-refractivity contribution in [3.05, 3.63) is 59.2 Å². The fourth-order valence-electron chi connectivity index (χ4n) is 3.45. The second-order valence-corrected chi connectivity index (χ2v) is 9.47. The Kier molecular flexibility index (Phi) is 5.77. The number of aryl methyl sites for hydroxylation is 3. The van der Waals surface area contributed by atoms with Gasteiger partial charge >= 0.3 is 5.97 Å². The third-order valence-electron chi connectivity index (χ3n) is 4.45. The maximum absolute atomic E-state index is 13.2. The van der Waals surface area contributed by atoms with Crippen LogP contribution in [0.15, 0.2) is 52.3 Å². The summed E-state index contributed by atoms with van der Waals surface area (Å²) in [7, 11) is -3.90. The lowest BCUT2D eigenvalue weighted by molar-refractivity contribution is -0.133. The minimum absolute atomic E-state index is 0.0718. The van der Waals surface area contributed by atoms with Crippen molar-refractivity contribution >= 4 is 44.2 Å². The summed E-state index contributed by atoms with van der Waals surface area (Å²) >= 11 is 0.930. The number of phenols is 1. The zero-order valence-electron chi connectivity index (χ0n) is 16.2. The van der Waals surface area contributed by atoms with Gasteiger partial charge in [-0.2, -0.15) is 0 Å². The Labute approximate surface area is 173 Å². The lowest BCUT2D eigenvalue weighted by Gasteiger charge is -2.17. The molecular formula is C21H21NO5S2. The maximum atomic E-state index is 13.2. The molecule has 0 saturated heterocycles. The standard InChI is InChI=1S/C21H21NO5S2/c1-12-8-13(2)21(14(3)9-12)29(26,27)22-17-10-18(28-11-19(23)24)20(25)16-7-5-4-6-15(16)17/h4-10,22,25H,11H2,1-3H3,(H,23,24). The number of carboxylic acids is 1. The molecule has 0 aliphatic heterocycles. The summed E-state index contributed by atoms with van der Waals surface area (Å²) in [5, 5.41) is 20.4. The van der Waals surface area contributed by atoms with E-state index in [9.17, 15) is 18.3 Å². The summed E-state index contributed by atoms with van der Waals surface area (Å²) in [4.78, 5) is 11.4. The molecule has 0 unspecified atom stereocenters. The van der Waals surface area contributed by atoms with Crippen LogP contribution in [0.5, 0.6) is 5.75 Å². The number of carbonyl (C=O) groups is 1. The number of benzene rings is 3. The first-order chi connectivity index (χ1) is 13.6. The molecule has 0 bridgehead atoms. The Morgan fingerprint density at radius 2 is 1.62 bits per heavy atom. The molecule has 3 N–H and O–H groups in total. The molecule has 0 amide bonds. The third kappa shape index (κ3) is 4.33. The van der Waals surface area contributed by atoms with Crippen molar-refractivity contribution in [2.24, 2.45) is 0 Å². The summed E-state index contributed by atoms with van der Waals surface area (Å²) in [6.07, 6.45) is 0. The monoisotopic (exact) mass is 431 g/mol. The average Bonchev–Trinajstić information content (AvgIpc) is 2.61. The van der Waals surface area contributed by atoms with Crippen LogP contribution in [0.3, 0.4) is 0 Å². The number of hydrogen-bond acceptors (Lipinski definition) is 5. The van der Waals surface area contributed by atoms with E-state index in [0.717, 1.165) is 17.3 Å². The number of aromatic hydroxyl groups is 1. The number of phenolic OH excluding ortho intramolecular Hbond substituents is 1. The zero-order valence-corrected chi connectivity index (χ0v) is 17.8. The molecule has 3 rings (SSSR count). The van der Waals surface area contributed by atoms with E-state index in [4.69, 9.17) is 5.11 Å². The molecule has 3 aromatic rings. The van der Waals surface area contributed by atoms with Crippen LogP contribution in [0.4, 0.5) is 5.69 Å². The molecule has 0 aliphatic rings. The van der Waals surface area contributed by atoms with Crippen molar-refractivity contribution in [3.8, 4) is 5.75 Å². The maximum Gasteiger partial charge on any atom is 0.313 e. The van der Waals surface area contributed by atoms with Crippen molar-refractivity contribution in [1.82, 2.24) is 0 Å². The second-order valence-electron chi connectivity index (χ2n) is 6.83. The Morgan fingerprint density at radius 3 is 2.21 bits per heavy atom. The number of sulfonamides is 1. The smallest absolute Gasteiger partial charge is 0.313 e. The van der Waals surface area contributed by atoms with E-state index in [1.807, 2.05) is 19.1 Å². The number of fused-ring (bicyclic) bond motifs is 1. The lowest BCUT2D eigenvalue weighted by atomic mass is 10.1. The first kappa shape index (κ1) is 21.0. The zero-order chi connectivity index (χ0) is 21.3. The Balaban J connectivity index is 2.14. The highest BCUT2D eigenvalue weighted by molar-refractivity contribution is 8.00. The van der Waals surface area contributed by atoms with E-state index in [2.05, 4.69) is 4.72 Å². The van der Waals surface area contributed by atoms with Gasteiger partial charge in [0.1, 0.15) is 5.75 Å². The van der Waals surface area contributed by atoms with Crippen LogP contribution in [0.2, 0.25) is 0 Å². The molecule has 0 atom stereocenters. The molecule has 0 heterocycles. The predicted octanol–water partition coefficient (Wildman–Crippen LogP) is 4.45. The molecule has 0 aromatic heterocycles. The van der Waals surface area contributed by atoms with Crippen LogP contribution in [0.25, 0.3) is 10.8 Å². The molecule has 6 nitrogen and oxygen atoms in total. The lowest BCUT2D eigenvalue weighted by Crippen LogP contribution is -2.16. The summed E-state index contributed by atoms with van der Waals surface area (Å²) < 4.78 is 29.0. The molecule has 8 heteroatoms. The quantitative estimate of drug-likeness (QED) is 0.394. The highest BCUT2D eigenvalue weighted by Gasteiger charge is 2.22. The fourth-order valence-corrected chi connectivity index (χ4v) is 5.71. The summed E-state index contributed by atoms with van der Waals surface area (Å²) in [5.74, 6) is -1.36. The van der Waals surface area contributed by atoms with E-state index < -0.39 is 16.0 Å². The van der Waals surface area contributed by atoms with Crippen molar-refractivity contribution in [2.75, 3.05) is 10.5 Å². The van der Waals surface area contributed by atoms with E-state index >= 15 is 0 Å². The summed E-state index contributed by atoms with van der Waals surface area (Å²) in [6, 6.07) is 11.9. The van der Waals surface area contributed by atoms with Crippen molar-refractivity contribution < 1.29 is 23.4 Å². The predicted molar refractivity (Wildman–Crippen MR) is 115 cm³/mol. The summed E-state index contributed by atoms with van der Waals surface area (Å²) in [6.45, 7) is 5.40. The molecule has 0 saturated carbocycles. The Morgan fingerprint density at radius 1 is 1.03 bits per heavy atom. The van der Waals surface area contributed by atoms with Gasteiger partial charge in [0.15, 0.2) is 0 Å². The highest BCUT2D eigenvalue weighted by atomic mass is 32.2. The van der Waals surface area contributed by atoms with Crippen molar-refractivity contribution in [2.45, 2.75) is 30.6 Å². The molecule has 0 spiro atoms. The molecule has 0 aliphatic carbocycles. The molecule has 0 radical (unpaired) electrons. The van der Waals surface area contributed by atoms with Crippen LogP contribution in [0.1, 0.15) is 16.7 Å². The van der Waals surface area contributed by atoms with Crippen LogP contribution in [-0.4, -0.2) is 30.4 Å². The van der Waals surface area contributed by atoms with Crippen LogP contribution in [-0.2, 0) is 14.8 Å². The van der Waals surface area contributed by atoms with Gasteiger partial charge in [0.25, 0.3) is 10.0 Å². The van der Waals surface area contributed by atoms with E-state index in [0.29, 0.717) is 26.8 Å². The number of carboxylic acid groups (broad SMARTS) is 1. The van der Waals surface area contributed by atoms with Gasteiger partial charge < -0.3 is 10.2 Å². The molecule has 152 valence electrons. The fraction of sp³-hybridized carbons (Fsp3) is 0.190. The number of rotatable bonds is 6. The Hall–Kier alpha value is -2.71. The number of nitrogens with one attached hydrogen (secondary N) is 1. The van der Waals surface area contributed by atoms with Crippen LogP contribution < -0.4 is 4.72 Å². The van der Waals surface area contributed by atoms with Gasteiger partial charge in [0, 0.05) is 10.8 Å². The van der Waals surface area contributed by atoms with E-state index in [1.165, 1.54) is 6.07 Å². The topological polar surface area (TPSA) is 104 Å². The van der Waals surface area contributed by atoms with Crippen molar-refractivity contribution in [1.29, 1.82) is 0 Å². The molecule has 0 fully saturated rings. The normalized spacial score (nSPS) is 11.6. The van der Waals surface area contributed by atoms with E-state index in [-0.39, 0.29) is 22.1 Å². The molecular weight excluding hydrogens is 410 g/mol. The van der Waals surface area contributed by atoms with Crippen LogP contribution >= 0.6 is 11.8 Å². The first-order valence-electron chi connectivity index (χ1n) is 8.80. The highest BCUT2D eigenvalue weighted by Crippen LogP contribution is 2.40. The molecule has 3 aromatic carbocycles. The second kappa shape index (κ2) is 7.96. The van der Waals surface area contributed by atoms with Gasteiger partial charge in [-0.15, -0.1) is 11.8 Å². The summed E-state index contributed by atoms with van der Waals surface area (Å²) in [5.41, 5.74) is 2.53. The average molecular weight is 432 g/mol. The number of thioether (sulfide) groups is 1. The van der Waals surface area contributed by atoms with Gasteiger partial charge in [-0.3, -0.25) is 9.52 Å². The third-order valence-corrected chi connectivity index (χ3v) is 7.13. The minimum Gasteiger partial charge on any atom is -0.506 e. The SMILES string of the molecule is Cc1cc(C)c(S(=O)(=O)Nc2cc(SCC(=O)O)c(O)c3ccccc23)c(C)c1. The van der Waals surface area contributed by atoms with Crippen LogP contribution in [0, 0.1) is 20.8 Å². The Bertz CT molecular complexity index is 1200. The largest absolute Gasteiger partial charge is 0.506 e. The first-order valence-corrected chi connectivity index (χ1v) is 11.3. The van der Waals surface area contributed by atoms with Gasteiger partial charge in [0.05, 0.1) is 21.2 Å². The van der Waals surface area contributed by atoms with E-state index in [1.54, 1.807) is 38.1 Å².